The number of hydrogen-bond donors (Lipinski definition) is 2. The van der Waals surface area contributed by atoms with Crippen molar-refractivity contribution in [1.82, 2.24) is 10.0 Å². The predicted octanol–water partition coefficient (Wildman–Crippen LogP) is 4.49. The summed E-state index contributed by atoms with van der Waals surface area (Å²) in [7, 11) is 0. The van der Waals surface area contributed by atoms with E-state index in [1.54, 1.807) is 23.3 Å². The maximum Gasteiger partial charge on any atom is 0.261 e. The van der Waals surface area contributed by atoms with Crippen LogP contribution in [-0.2, 0) is 6.42 Å². The molecule has 0 bridgehead atoms. The monoisotopic (exact) mass is 350 g/mol. The molecule has 0 fully saturated rings. The number of aryl methyl sites for hydroxylation is 1. The molecule has 1 aromatic carbocycles. The lowest BCUT2D eigenvalue weighted by molar-refractivity contribution is 0.0941. The molecule has 1 unspecified atom stereocenters. The summed E-state index contributed by atoms with van der Waals surface area (Å²) >= 11 is 9.22. The topological polar surface area (TPSA) is 41.1 Å². The maximum absolute atomic E-state index is 12.5. The minimum Gasteiger partial charge on any atom is -0.345 e. The average Bonchev–Trinajstić information content (AvgIpc) is 3.16. The number of fused-ring (bicyclic) bond motifs is 2. The normalized spacial score (nSPS) is 22.5. The maximum atomic E-state index is 12.5. The van der Waals surface area contributed by atoms with E-state index in [1.807, 2.05) is 24.3 Å². The van der Waals surface area contributed by atoms with Crippen LogP contribution in [0.15, 0.2) is 28.5 Å². The molecule has 0 saturated heterocycles. The van der Waals surface area contributed by atoms with Gasteiger partial charge in [0.1, 0.15) is 0 Å². The van der Waals surface area contributed by atoms with Crippen LogP contribution in [0.5, 0.6) is 0 Å². The first-order valence-electron chi connectivity index (χ1n) is 7.27. The van der Waals surface area contributed by atoms with Crippen LogP contribution in [-0.4, -0.2) is 5.91 Å². The zero-order valence-corrected chi connectivity index (χ0v) is 14.4. The van der Waals surface area contributed by atoms with E-state index in [0.717, 1.165) is 22.7 Å². The second-order valence-electron chi connectivity index (χ2n) is 5.70. The summed E-state index contributed by atoms with van der Waals surface area (Å²) in [4.78, 5) is 13.3. The van der Waals surface area contributed by atoms with Crippen LogP contribution in [0.2, 0.25) is 5.02 Å². The first-order valence-corrected chi connectivity index (χ1v) is 9.28. The molecule has 1 aliphatic carbocycles. The van der Waals surface area contributed by atoms with Crippen LogP contribution >= 0.6 is 34.9 Å². The van der Waals surface area contributed by atoms with Gasteiger partial charge in [0, 0.05) is 11.1 Å². The van der Waals surface area contributed by atoms with Crippen LogP contribution in [0.25, 0.3) is 0 Å². The minimum absolute atomic E-state index is 0.0278. The van der Waals surface area contributed by atoms with Crippen LogP contribution in [0.1, 0.15) is 51.8 Å². The van der Waals surface area contributed by atoms with Crippen molar-refractivity contribution in [2.24, 2.45) is 0 Å². The van der Waals surface area contributed by atoms with Crippen molar-refractivity contribution >= 4 is 40.8 Å². The quantitative estimate of drug-likeness (QED) is 0.784. The van der Waals surface area contributed by atoms with E-state index in [2.05, 4.69) is 17.0 Å². The predicted molar refractivity (Wildman–Crippen MR) is 91.7 cm³/mol. The Bertz CT molecular complexity index is 759. The number of hydrogen-bond acceptors (Lipinski definition) is 4. The third kappa shape index (κ3) is 2.46. The van der Waals surface area contributed by atoms with Crippen molar-refractivity contribution in [3.63, 3.8) is 0 Å². The highest BCUT2D eigenvalue weighted by Crippen LogP contribution is 2.41. The highest BCUT2D eigenvalue weighted by Gasteiger charge is 2.28. The summed E-state index contributed by atoms with van der Waals surface area (Å²) in [6.45, 7) is 2.12. The Morgan fingerprint density at radius 2 is 2.23 bits per heavy atom. The van der Waals surface area contributed by atoms with Gasteiger partial charge in [-0.2, -0.15) is 0 Å². The molecule has 114 valence electrons. The molecule has 1 aliphatic heterocycles. The van der Waals surface area contributed by atoms with E-state index < -0.39 is 0 Å². The molecule has 2 aromatic rings. The van der Waals surface area contributed by atoms with Crippen molar-refractivity contribution in [1.29, 1.82) is 0 Å². The third-order valence-corrected chi connectivity index (χ3v) is 6.80. The van der Waals surface area contributed by atoms with Gasteiger partial charge in [-0.1, -0.05) is 17.7 Å². The summed E-state index contributed by atoms with van der Waals surface area (Å²) in [5.74, 6) is 0.0278. The summed E-state index contributed by atoms with van der Waals surface area (Å²) in [6.07, 6.45) is 1.91. The fourth-order valence-corrected chi connectivity index (χ4v) is 5.48. The van der Waals surface area contributed by atoms with Crippen molar-refractivity contribution in [2.45, 2.75) is 36.1 Å². The molecule has 2 heterocycles. The molecular weight excluding hydrogens is 336 g/mol. The van der Waals surface area contributed by atoms with Gasteiger partial charge in [-0.3, -0.25) is 9.52 Å². The fraction of sp³-hybridized carbons (Fsp3) is 0.312. The van der Waals surface area contributed by atoms with Gasteiger partial charge in [0.15, 0.2) is 0 Å². The first-order chi connectivity index (χ1) is 10.6. The highest BCUT2D eigenvalue weighted by atomic mass is 35.5. The van der Waals surface area contributed by atoms with E-state index >= 15 is 0 Å². The third-order valence-electron chi connectivity index (χ3n) is 4.23. The van der Waals surface area contributed by atoms with Crippen LogP contribution < -0.4 is 10.0 Å². The van der Waals surface area contributed by atoms with Crippen molar-refractivity contribution in [2.75, 3.05) is 0 Å². The molecule has 0 spiro atoms. The molecule has 2 N–H and O–H groups in total. The van der Waals surface area contributed by atoms with Gasteiger partial charge in [0.05, 0.1) is 15.1 Å². The molecule has 2 aliphatic rings. The lowest BCUT2D eigenvalue weighted by Crippen LogP contribution is -2.26. The van der Waals surface area contributed by atoms with E-state index in [0.29, 0.717) is 6.04 Å². The number of nitrogens with one attached hydrogen (secondary N) is 2. The van der Waals surface area contributed by atoms with Crippen LogP contribution in [0.3, 0.4) is 0 Å². The van der Waals surface area contributed by atoms with Crippen molar-refractivity contribution < 1.29 is 4.79 Å². The number of thiophene rings is 1. The van der Waals surface area contributed by atoms with Crippen LogP contribution in [0.4, 0.5) is 0 Å². The molecule has 2 atom stereocenters. The molecule has 1 aromatic heterocycles. The minimum atomic E-state index is 0.0278. The van der Waals surface area contributed by atoms with E-state index in [9.17, 15) is 4.79 Å². The highest BCUT2D eigenvalue weighted by molar-refractivity contribution is 7.99. The zero-order chi connectivity index (χ0) is 15.3. The zero-order valence-electron chi connectivity index (χ0n) is 12.0. The Kier molecular flexibility index (Phi) is 3.69. The lowest BCUT2D eigenvalue weighted by atomic mass is 10.1. The summed E-state index contributed by atoms with van der Waals surface area (Å²) < 4.78 is 4.51. The summed E-state index contributed by atoms with van der Waals surface area (Å²) in [5, 5.41) is 3.94. The van der Waals surface area contributed by atoms with Gasteiger partial charge in [0.2, 0.25) is 0 Å². The number of benzene rings is 1. The Hall–Kier alpha value is -1.01. The molecule has 6 heteroatoms. The number of rotatable bonds is 2. The van der Waals surface area contributed by atoms with Gasteiger partial charge < -0.3 is 5.32 Å². The van der Waals surface area contributed by atoms with E-state index in [1.165, 1.54) is 20.9 Å². The molecule has 1 amide bonds. The van der Waals surface area contributed by atoms with Gasteiger partial charge in [-0.15, -0.1) is 11.3 Å². The average molecular weight is 351 g/mol. The van der Waals surface area contributed by atoms with Crippen LogP contribution in [0, 0.1) is 0 Å². The molecule has 22 heavy (non-hydrogen) atoms. The Labute approximate surface area is 142 Å². The Morgan fingerprint density at radius 1 is 1.36 bits per heavy atom. The lowest BCUT2D eigenvalue weighted by Gasteiger charge is -2.13. The Balaban J connectivity index is 1.53. The van der Waals surface area contributed by atoms with Gasteiger partial charge >= 0.3 is 0 Å². The van der Waals surface area contributed by atoms with Gasteiger partial charge in [-0.05, 0) is 66.6 Å². The summed E-state index contributed by atoms with van der Waals surface area (Å²) in [6, 6.07) is 8.37. The number of amides is 1. The molecule has 0 radical (unpaired) electrons. The van der Waals surface area contributed by atoms with E-state index in [4.69, 9.17) is 11.6 Å². The SMILES string of the molecule is CC1NSc2sc(C(=O)N[C@@H]3CCc4cc(Cl)ccc43)cc21. The second-order valence-corrected chi connectivity index (χ2v) is 8.30. The van der Waals surface area contributed by atoms with Crippen molar-refractivity contribution in [3.05, 3.63) is 50.9 Å². The van der Waals surface area contributed by atoms with E-state index in [-0.39, 0.29) is 11.9 Å². The standard InChI is InChI=1S/C16H15ClN2OS2/c1-8-12-7-14(21-16(12)22-19-8)15(20)18-13-5-2-9-6-10(17)3-4-11(9)13/h3-4,6-8,13,19H,2,5H2,1H3,(H,18,20)/t8?,13-/m1/s1. The number of halogens is 1. The summed E-state index contributed by atoms with van der Waals surface area (Å²) in [5.41, 5.74) is 3.69. The van der Waals surface area contributed by atoms with Gasteiger partial charge in [0.25, 0.3) is 5.91 Å². The molecule has 3 nitrogen and oxygen atoms in total. The fourth-order valence-electron chi connectivity index (χ4n) is 3.05. The van der Waals surface area contributed by atoms with Gasteiger partial charge in [-0.25, -0.2) is 0 Å². The number of carbonyl (C=O) groups is 1. The smallest absolute Gasteiger partial charge is 0.261 e. The second kappa shape index (κ2) is 5.57. The largest absolute Gasteiger partial charge is 0.345 e. The Morgan fingerprint density at radius 3 is 3.05 bits per heavy atom. The first kappa shape index (κ1) is 14.6. The van der Waals surface area contributed by atoms with Crippen molar-refractivity contribution in [3.8, 4) is 0 Å². The molecular formula is C16H15ClN2OS2. The molecule has 4 rings (SSSR count). The molecule has 0 saturated carbocycles. The number of carbonyl (C=O) groups excluding carboxylic acids is 1.